The number of aryl methyl sites for hydroxylation is 1. The molecule has 1 aromatic heterocycles. The Bertz CT molecular complexity index is 590. The van der Waals surface area contributed by atoms with Crippen LogP contribution in [0.4, 0.5) is 5.00 Å². The molecule has 0 unspecified atom stereocenters. The van der Waals surface area contributed by atoms with Crippen molar-refractivity contribution in [3.63, 3.8) is 0 Å². The van der Waals surface area contributed by atoms with Gasteiger partial charge in [-0.05, 0) is 42.7 Å². The van der Waals surface area contributed by atoms with Crippen LogP contribution in [0.25, 0.3) is 0 Å². The van der Waals surface area contributed by atoms with E-state index in [0.717, 1.165) is 17.3 Å². The monoisotopic (exact) mass is 308 g/mol. The standard InChI is InChI=1S/C14H16N2O4S/c1-9-12(13(15)21-16-9)14(17)20-8-7-19-11-5-3-10(18-2)4-6-11/h3-6H,7-8,15H2,1-2H3. The number of nitrogen functional groups attached to an aromatic ring is 1. The zero-order valence-corrected chi connectivity index (χ0v) is 12.6. The number of hydrogen-bond acceptors (Lipinski definition) is 7. The van der Waals surface area contributed by atoms with Gasteiger partial charge in [0, 0.05) is 0 Å². The molecule has 0 aliphatic rings. The van der Waals surface area contributed by atoms with Gasteiger partial charge in [0.2, 0.25) is 0 Å². The molecule has 0 aliphatic carbocycles. The van der Waals surface area contributed by atoms with Crippen LogP contribution in [0.15, 0.2) is 24.3 Å². The van der Waals surface area contributed by atoms with Crippen molar-refractivity contribution in [1.29, 1.82) is 0 Å². The van der Waals surface area contributed by atoms with Gasteiger partial charge in [0.15, 0.2) is 0 Å². The molecule has 21 heavy (non-hydrogen) atoms. The molecular formula is C14H16N2O4S. The molecule has 2 rings (SSSR count). The first-order valence-electron chi connectivity index (χ1n) is 6.27. The number of esters is 1. The summed E-state index contributed by atoms with van der Waals surface area (Å²) in [5.74, 6) is 0.960. The van der Waals surface area contributed by atoms with Gasteiger partial charge >= 0.3 is 5.97 Å². The van der Waals surface area contributed by atoms with Gasteiger partial charge in [0.25, 0.3) is 0 Å². The average Bonchev–Trinajstić information content (AvgIpc) is 2.83. The lowest BCUT2D eigenvalue weighted by Crippen LogP contribution is -2.13. The van der Waals surface area contributed by atoms with E-state index in [1.54, 1.807) is 38.3 Å². The minimum absolute atomic E-state index is 0.138. The van der Waals surface area contributed by atoms with Crippen LogP contribution >= 0.6 is 11.5 Å². The van der Waals surface area contributed by atoms with E-state index < -0.39 is 5.97 Å². The fraction of sp³-hybridized carbons (Fsp3) is 0.286. The molecule has 2 aromatic rings. The van der Waals surface area contributed by atoms with Gasteiger partial charge in [-0.15, -0.1) is 0 Å². The highest BCUT2D eigenvalue weighted by Gasteiger charge is 2.17. The summed E-state index contributed by atoms with van der Waals surface area (Å²) in [6, 6.07) is 7.15. The van der Waals surface area contributed by atoms with Crippen LogP contribution in [0.1, 0.15) is 16.1 Å². The van der Waals surface area contributed by atoms with E-state index >= 15 is 0 Å². The molecule has 0 amide bonds. The van der Waals surface area contributed by atoms with E-state index in [1.807, 2.05) is 0 Å². The van der Waals surface area contributed by atoms with Gasteiger partial charge in [-0.25, -0.2) is 4.79 Å². The summed E-state index contributed by atoms with van der Waals surface area (Å²) in [6.45, 7) is 2.12. The fourth-order valence-corrected chi connectivity index (χ4v) is 2.32. The molecule has 0 fully saturated rings. The summed E-state index contributed by atoms with van der Waals surface area (Å²) in [5, 5.41) is 0.369. The summed E-state index contributed by atoms with van der Waals surface area (Å²) in [5.41, 5.74) is 6.60. The quantitative estimate of drug-likeness (QED) is 0.651. The normalized spacial score (nSPS) is 10.2. The summed E-state index contributed by atoms with van der Waals surface area (Å²) < 4.78 is 19.6. The maximum Gasteiger partial charge on any atom is 0.343 e. The Morgan fingerprint density at radius 1 is 1.24 bits per heavy atom. The first-order valence-corrected chi connectivity index (χ1v) is 7.05. The highest BCUT2D eigenvalue weighted by atomic mass is 32.1. The van der Waals surface area contributed by atoms with Crippen molar-refractivity contribution in [3.05, 3.63) is 35.5 Å². The van der Waals surface area contributed by atoms with Gasteiger partial charge in [0.1, 0.15) is 35.3 Å². The predicted molar refractivity (Wildman–Crippen MR) is 80.0 cm³/mol. The average molecular weight is 308 g/mol. The number of carbonyl (C=O) groups excluding carboxylic acids is 1. The molecular weight excluding hydrogens is 292 g/mol. The summed E-state index contributed by atoms with van der Waals surface area (Å²) in [7, 11) is 1.60. The van der Waals surface area contributed by atoms with E-state index in [4.69, 9.17) is 19.9 Å². The lowest BCUT2D eigenvalue weighted by Gasteiger charge is -2.08. The van der Waals surface area contributed by atoms with E-state index in [0.29, 0.717) is 22.0 Å². The number of carbonyl (C=O) groups is 1. The molecule has 7 heteroatoms. The van der Waals surface area contributed by atoms with Crippen LogP contribution in [0, 0.1) is 6.92 Å². The Hall–Kier alpha value is -2.28. The topological polar surface area (TPSA) is 83.7 Å². The van der Waals surface area contributed by atoms with Crippen LogP contribution in [-0.4, -0.2) is 30.7 Å². The number of rotatable bonds is 6. The molecule has 0 spiro atoms. The maximum absolute atomic E-state index is 11.8. The van der Waals surface area contributed by atoms with Crippen molar-refractivity contribution < 1.29 is 19.0 Å². The molecule has 0 bridgehead atoms. The van der Waals surface area contributed by atoms with Gasteiger partial charge in [0.05, 0.1) is 12.8 Å². The largest absolute Gasteiger partial charge is 0.497 e. The molecule has 0 radical (unpaired) electrons. The van der Waals surface area contributed by atoms with E-state index in [-0.39, 0.29) is 13.2 Å². The zero-order valence-electron chi connectivity index (χ0n) is 11.8. The third-order valence-electron chi connectivity index (χ3n) is 2.74. The molecule has 112 valence electrons. The van der Waals surface area contributed by atoms with Crippen molar-refractivity contribution in [2.24, 2.45) is 0 Å². The number of ether oxygens (including phenoxy) is 3. The van der Waals surface area contributed by atoms with Crippen LogP contribution in [-0.2, 0) is 4.74 Å². The second-order valence-electron chi connectivity index (χ2n) is 4.17. The van der Waals surface area contributed by atoms with Crippen molar-refractivity contribution >= 4 is 22.5 Å². The van der Waals surface area contributed by atoms with Crippen LogP contribution in [0.3, 0.4) is 0 Å². The SMILES string of the molecule is COc1ccc(OCCOC(=O)c2c(C)nsc2N)cc1. The lowest BCUT2D eigenvalue weighted by molar-refractivity contribution is 0.0451. The molecule has 6 nitrogen and oxygen atoms in total. The van der Waals surface area contributed by atoms with E-state index in [1.165, 1.54) is 0 Å². The molecule has 0 saturated carbocycles. The van der Waals surface area contributed by atoms with Crippen LogP contribution in [0.5, 0.6) is 11.5 Å². The molecule has 1 aromatic carbocycles. The highest BCUT2D eigenvalue weighted by molar-refractivity contribution is 7.10. The van der Waals surface area contributed by atoms with E-state index in [9.17, 15) is 4.79 Å². The third kappa shape index (κ3) is 3.85. The zero-order chi connectivity index (χ0) is 15.2. The third-order valence-corrected chi connectivity index (χ3v) is 3.50. The summed E-state index contributed by atoms with van der Waals surface area (Å²) in [6.07, 6.45) is 0. The first-order chi connectivity index (χ1) is 10.1. The molecule has 1 heterocycles. The smallest absolute Gasteiger partial charge is 0.343 e. The van der Waals surface area contributed by atoms with Crippen molar-refractivity contribution in [1.82, 2.24) is 4.37 Å². The second-order valence-corrected chi connectivity index (χ2v) is 4.97. The van der Waals surface area contributed by atoms with Crippen LogP contribution < -0.4 is 15.2 Å². The van der Waals surface area contributed by atoms with Crippen molar-refractivity contribution in [2.45, 2.75) is 6.92 Å². The first kappa shape index (κ1) is 15.1. The van der Waals surface area contributed by atoms with Gasteiger partial charge in [-0.3, -0.25) is 0 Å². The number of aromatic nitrogens is 1. The lowest BCUT2D eigenvalue weighted by atomic mass is 10.2. The number of hydrogen-bond donors (Lipinski definition) is 1. The summed E-state index contributed by atoms with van der Waals surface area (Å²) in [4.78, 5) is 11.8. The number of anilines is 1. The summed E-state index contributed by atoms with van der Waals surface area (Å²) >= 11 is 1.08. The van der Waals surface area contributed by atoms with Crippen molar-refractivity contribution in [2.75, 3.05) is 26.1 Å². The van der Waals surface area contributed by atoms with Crippen LogP contribution in [0.2, 0.25) is 0 Å². The highest BCUT2D eigenvalue weighted by Crippen LogP contribution is 2.21. The Balaban J connectivity index is 1.78. The molecule has 0 aliphatic heterocycles. The molecule has 2 N–H and O–H groups in total. The minimum atomic E-state index is -0.475. The number of benzene rings is 1. The number of nitrogens with two attached hydrogens (primary N) is 1. The Labute approximate surface area is 126 Å². The van der Waals surface area contributed by atoms with Gasteiger partial charge < -0.3 is 19.9 Å². The molecule has 0 saturated heterocycles. The molecule has 0 atom stereocenters. The van der Waals surface area contributed by atoms with Gasteiger partial charge in [-0.2, -0.15) is 4.37 Å². The van der Waals surface area contributed by atoms with Gasteiger partial charge in [-0.1, -0.05) is 0 Å². The second kappa shape index (κ2) is 6.94. The Morgan fingerprint density at radius 3 is 2.48 bits per heavy atom. The number of methoxy groups -OCH3 is 1. The maximum atomic E-state index is 11.8. The van der Waals surface area contributed by atoms with Crippen molar-refractivity contribution in [3.8, 4) is 11.5 Å². The van der Waals surface area contributed by atoms with E-state index in [2.05, 4.69) is 4.37 Å². The minimum Gasteiger partial charge on any atom is -0.497 e. The Morgan fingerprint density at radius 2 is 1.90 bits per heavy atom. The number of nitrogens with zero attached hydrogens (tertiary/aromatic N) is 1. The fourth-order valence-electron chi connectivity index (χ4n) is 1.67. The predicted octanol–water partition coefficient (Wildman–Crippen LogP) is 2.28. The Kier molecular flexibility index (Phi) is 4.99.